The Balaban J connectivity index is 2.03. The van der Waals surface area contributed by atoms with Crippen LogP contribution in [0, 0.1) is 0 Å². The van der Waals surface area contributed by atoms with Gasteiger partial charge in [-0.3, -0.25) is 4.79 Å². The summed E-state index contributed by atoms with van der Waals surface area (Å²) < 4.78 is 15.4. The summed E-state index contributed by atoms with van der Waals surface area (Å²) in [5.41, 5.74) is 0. The van der Waals surface area contributed by atoms with Crippen LogP contribution >= 0.6 is 0 Å². The first-order chi connectivity index (χ1) is 15.4. The van der Waals surface area contributed by atoms with E-state index in [2.05, 4.69) is 6.92 Å². The van der Waals surface area contributed by atoms with E-state index in [4.69, 9.17) is 19.3 Å². The Morgan fingerprint density at radius 1 is 0.844 bits per heavy atom. The number of hydrogen-bond donors (Lipinski definition) is 5. The smallest absolute Gasteiger partial charge is 0.305 e. The molecule has 0 aliphatic carbocycles. The van der Waals surface area contributed by atoms with Crippen molar-refractivity contribution in [2.45, 2.75) is 121 Å². The fourth-order valence-corrected chi connectivity index (χ4v) is 3.65. The number of aliphatic hydroxyl groups is 5. The van der Waals surface area contributed by atoms with Crippen molar-refractivity contribution in [3.05, 3.63) is 0 Å². The van der Waals surface area contributed by atoms with Gasteiger partial charge in [-0.25, -0.2) is 0 Å². The molecule has 0 radical (unpaired) electrons. The standard InChI is InChI=1S/C23H44O9/c1-2-3-4-5-6-7-8-9-10-11-12-13-19(26)30-15-17(25)16-31-23-22(29)21(28)20(27)18(14-24)32-23/h17-18,20-25,27-29H,2-16H2,1H3/t17-,18+,20-,21-,22+,23+/m0/s1. The number of hydrogen-bond acceptors (Lipinski definition) is 9. The summed E-state index contributed by atoms with van der Waals surface area (Å²) in [7, 11) is 0. The molecule has 5 N–H and O–H groups in total. The number of esters is 1. The molecule has 0 aromatic rings. The van der Waals surface area contributed by atoms with Crippen molar-refractivity contribution < 1.29 is 44.5 Å². The van der Waals surface area contributed by atoms with E-state index in [0.29, 0.717) is 6.42 Å². The second-order valence-electron chi connectivity index (χ2n) is 8.65. The van der Waals surface area contributed by atoms with Crippen molar-refractivity contribution in [3.8, 4) is 0 Å². The van der Waals surface area contributed by atoms with Crippen LogP contribution in [0.5, 0.6) is 0 Å². The molecule has 1 aliphatic rings. The molecule has 9 nitrogen and oxygen atoms in total. The monoisotopic (exact) mass is 464 g/mol. The number of carbonyl (C=O) groups is 1. The van der Waals surface area contributed by atoms with E-state index in [1.54, 1.807) is 0 Å². The van der Waals surface area contributed by atoms with Crippen molar-refractivity contribution in [1.82, 2.24) is 0 Å². The zero-order valence-corrected chi connectivity index (χ0v) is 19.4. The van der Waals surface area contributed by atoms with E-state index >= 15 is 0 Å². The van der Waals surface area contributed by atoms with E-state index < -0.39 is 43.4 Å². The molecular formula is C23H44O9. The van der Waals surface area contributed by atoms with Crippen LogP contribution in [0.4, 0.5) is 0 Å². The minimum Gasteiger partial charge on any atom is -0.463 e. The van der Waals surface area contributed by atoms with Gasteiger partial charge < -0.3 is 39.7 Å². The number of aliphatic hydroxyl groups excluding tert-OH is 5. The molecule has 1 fully saturated rings. The molecule has 1 heterocycles. The van der Waals surface area contributed by atoms with Crippen molar-refractivity contribution in [1.29, 1.82) is 0 Å². The average molecular weight is 465 g/mol. The second-order valence-corrected chi connectivity index (χ2v) is 8.65. The van der Waals surface area contributed by atoms with Gasteiger partial charge in [-0.15, -0.1) is 0 Å². The largest absolute Gasteiger partial charge is 0.463 e. The van der Waals surface area contributed by atoms with Crippen LogP contribution in [-0.4, -0.2) is 88.1 Å². The Morgan fingerprint density at radius 2 is 1.41 bits per heavy atom. The Kier molecular flexibility index (Phi) is 16.1. The zero-order valence-electron chi connectivity index (χ0n) is 19.4. The first-order valence-electron chi connectivity index (χ1n) is 12.2. The first kappa shape index (κ1) is 29.2. The maximum absolute atomic E-state index is 11.8. The van der Waals surface area contributed by atoms with Gasteiger partial charge in [0, 0.05) is 6.42 Å². The number of unbranched alkanes of at least 4 members (excludes halogenated alkanes) is 10. The zero-order chi connectivity index (χ0) is 23.8. The van der Waals surface area contributed by atoms with E-state index in [9.17, 15) is 25.2 Å². The van der Waals surface area contributed by atoms with Crippen LogP contribution in [0.3, 0.4) is 0 Å². The van der Waals surface area contributed by atoms with Gasteiger partial charge in [0.05, 0.1) is 13.2 Å². The van der Waals surface area contributed by atoms with Crippen molar-refractivity contribution in [2.75, 3.05) is 19.8 Å². The molecular weight excluding hydrogens is 420 g/mol. The molecule has 0 aromatic heterocycles. The highest BCUT2D eigenvalue weighted by Gasteiger charge is 2.44. The average Bonchev–Trinajstić information content (AvgIpc) is 2.79. The highest BCUT2D eigenvalue weighted by molar-refractivity contribution is 5.69. The Labute approximate surface area is 191 Å². The third-order valence-electron chi connectivity index (χ3n) is 5.72. The lowest BCUT2D eigenvalue weighted by Gasteiger charge is -2.39. The first-order valence-corrected chi connectivity index (χ1v) is 12.2. The predicted octanol–water partition coefficient (Wildman–Crippen LogP) is 1.41. The van der Waals surface area contributed by atoms with Gasteiger partial charge in [0.1, 0.15) is 37.1 Å². The van der Waals surface area contributed by atoms with Crippen molar-refractivity contribution in [3.63, 3.8) is 0 Å². The van der Waals surface area contributed by atoms with Crippen LogP contribution in [0.25, 0.3) is 0 Å². The van der Waals surface area contributed by atoms with Crippen LogP contribution in [0.15, 0.2) is 0 Å². The Bertz CT molecular complexity index is 474. The summed E-state index contributed by atoms with van der Waals surface area (Å²) in [5.74, 6) is -0.382. The lowest BCUT2D eigenvalue weighted by Crippen LogP contribution is -2.59. The van der Waals surface area contributed by atoms with Crippen molar-refractivity contribution >= 4 is 5.97 Å². The van der Waals surface area contributed by atoms with E-state index in [-0.39, 0.29) is 19.2 Å². The maximum Gasteiger partial charge on any atom is 0.305 e. The predicted molar refractivity (Wildman–Crippen MR) is 118 cm³/mol. The quantitative estimate of drug-likeness (QED) is 0.150. The number of ether oxygens (including phenoxy) is 3. The molecule has 0 bridgehead atoms. The Hall–Kier alpha value is -0.810. The minimum absolute atomic E-state index is 0.256. The molecule has 190 valence electrons. The highest BCUT2D eigenvalue weighted by atomic mass is 16.7. The lowest BCUT2D eigenvalue weighted by atomic mass is 9.99. The number of carbonyl (C=O) groups excluding carboxylic acids is 1. The van der Waals surface area contributed by atoms with Gasteiger partial charge in [0.25, 0.3) is 0 Å². The van der Waals surface area contributed by atoms with Crippen LogP contribution in [0.2, 0.25) is 0 Å². The molecule has 0 spiro atoms. The molecule has 1 rings (SSSR count). The molecule has 1 saturated heterocycles. The third kappa shape index (κ3) is 11.9. The molecule has 1 aliphatic heterocycles. The topological polar surface area (TPSA) is 146 Å². The summed E-state index contributed by atoms with van der Waals surface area (Å²) in [6.07, 6.45) is 5.36. The molecule has 0 unspecified atom stereocenters. The van der Waals surface area contributed by atoms with Crippen LogP contribution in [0.1, 0.15) is 84.0 Å². The van der Waals surface area contributed by atoms with Gasteiger partial charge >= 0.3 is 5.97 Å². The van der Waals surface area contributed by atoms with Gasteiger partial charge in [-0.1, -0.05) is 71.1 Å². The summed E-state index contributed by atoms with van der Waals surface area (Å²) in [6, 6.07) is 0. The normalized spacial score (nSPS) is 26.8. The molecule has 0 aromatic carbocycles. The van der Waals surface area contributed by atoms with Gasteiger partial charge in [-0.2, -0.15) is 0 Å². The molecule has 6 atom stereocenters. The van der Waals surface area contributed by atoms with Crippen molar-refractivity contribution in [2.24, 2.45) is 0 Å². The summed E-state index contributed by atoms with van der Waals surface area (Å²) in [6.45, 7) is 1.09. The highest BCUT2D eigenvalue weighted by Crippen LogP contribution is 2.22. The molecule has 32 heavy (non-hydrogen) atoms. The van der Waals surface area contributed by atoms with Gasteiger partial charge in [-0.05, 0) is 6.42 Å². The maximum atomic E-state index is 11.8. The summed E-state index contributed by atoms with van der Waals surface area (Å²) in [5, 5.41) is 48.4. The second kappa shape index (κ2) is 17.6. The molecule has 0 amide bonds. The Morgan fingerprint density at radius 3 is 1.97 bits per heavy atom. The molecule has 0 saturated carbocycles. The van der Waals surface area contributed by atoms with E-state index in [1.165, 1.54) is 51.4 Å². The fraction of sp³-hybridized carbons (Fsp3) is 0.957. The van der Waals surface area contributed by atoms with E-state index in [0.717, 1.165) is 19.3 Å². The summed E-state index contributed by atoms with van der Waals surface area (Å²) >= 11 is 0. The summed E-state index contributed by atoms with van der Waals surface area (Å²) in [4.78, 5) is 11.8. The lowest BCUT2D eigenvalue weighted by molar-refractivity contribution is -0.305. The molecule has 9 heteroatoms. The number of rotatable bonds is 18. The minimum atomic E-state index is -1.55. The van der Waals surface area contributed by atoms with Crippen LogP contribution < -0.4 is 0 Å². The van der Waals surface area contributed by atoms with Gasteiger partial charge in [0.2, 0.25) is 0 Å². The fourth-order valence-electron chi connectivity index (χ4n) is 3.65. The van der Waals surface area contributed by atoms with E-state index in [1.807, 2.05) is 0 Å². The SMILES string of the molecule is CCCCCCCCCCCCCC(=O)OC[C@H](O)CO[C@@H]1O[C@H](CO)[C@H](O)[C@H](O)[C@H]1O. The van der Waals surface area contributed by atoms with Crippen LogP contribution in [-0.2, 0) is 19.0 Å². The third-order valence-corrected chi connectivity index (χ3v) is 5.72. The van der Waals surface area contributed by atoms with Gasteiger partial charge in [0.15, 0.2) is 6.29 Å².